The molecule has 3 rings (SSSR count). The number of hydrogen-bond acceptors (Lipinski definition) is 2. The third-order valence-electron chi connectivity index (χ3n) is 3.91. The Hall–Kier alpha value is -0.450. The molecule has 2 fully saturated rings. The molecule has 0 bridgehead atoms. The van der Waals surface area contributed by atoms with Crippen molar-refractivity contribution >= 4 is 15.9 Å². The minimum atomic E-state index is -0.162. The first-order valence-corrected chi connectivity index (χ1v) is 6.78. The molecule has 1 atom stereocenters. The Labute approximate surface area is 109 Å². The Balaban J connectivity index is 2.01. The first-order valence-electron chi connectivity index (χ1n) is 5.99. The van der Waals surface area contributed by atoms with Crippen molar-refractivity contribution in [3.8, 4) is 0 Å². The van der Waals surface area contributed by atoms with Crippen LogP contribution < -0.4 is 5.32 Å². The predicted octanol–water partition coefficient (Wildman–Crippen LogP) is 2.61. The summed E-state index contributed by atoms with van der Waals surface area (Å²) in [6.45, 7) is 2.28. The highest BCUT2D eigenvalue weighted by Crippen LogP contribution is 2.41. The molecule has 0 saturated carbocycles. The van der Waals surface area contributed by atoms with Crippen molar-refractivity contribution in [2.75, 3.05) is 19.8 Å². The fraction of sp³-hybridized carbons (Fsp3) is 0.538. The molecule has 4 heteroatoms. The van der Waals surface area contributed by atoms with Crippen LogP contribution in [0.25, 0.3) is 0 Å². The van der Waals surface area contributed by atoms with Crippen molar-refractivity contribution in [1.82, 2.24) is 5.32 Å². The van der Waals surface area contributed by atoms with Gasteiger partial charge in [0.05, 0.1) is 18.6 Å². The zero-order valence-corrected chi connectivity index (χ0v) is 11.1. The third-order valence-corrected chi connectivity index (χ3v) is 4.40. The molecule has 17 heavy (non-hydrogen) atoms. The largest absolute Gasteiger partial charge is 0.379 e. The minimum Gasteiger partial charge on any atom is -0.379 e. The molecule has 0 amide bonds. The van der Waals surface area contributed by atoms with Crippen LogP contribution in [-0.4, -0.2) is 25.8 Å². The summed E-state index contributed by atoms with van der Waals surface area (Å²) in [6, 6.07) is 5.53. The van der Waals surface area contributed by atoms with Gasteiger partial charge in [0.15, 0.2) is 0 Å². The number of benzene rings is 1. The minimum absolute atomic E-state index is 0.120. The fourth-order valence-corrected chi connectivity index (χ4v) is 3.26. The van der Waals surface area contributed by atoms with Crippen LogP contribution in [0.15, 0.2) is 22.7 Å². The van der Waals surface area contributed by atoms with Crippen LogP contribution >= 0.6 is 15.9 Å². The Kier molecular flexibility index (Phi) is 2.97. The van der Waals surface area contributed by atoms with Gasteiger partial charge in [0.25, 0.3) is 0 Å². The molecule has 1 N–H and O–H groups in total. The highest BCUT2D eigenvalue weighted by atomic mass is 79.9. The fourth-order valence-electron chi connectivity index (χ4n) is 2.90. The second kappa shape index (κ2) is 4.34. The van der Waals surface area contributed by atoms with E-state index in [1.54, 1.807) is 6.07 Å². The van der Waals surface area contributed by atoms with Crippen LogP contribution in [-0.2, 0) is 10.2 Å². The standard InChI is InChI=1S/C13H15BrFNO/c14-9-3-4-11(15)10(6-9)13(7-17-8-13)12-2-1-5-16-12/h3-4,6,12,16H,1-2,5,7-8H2. The molecule has 2 aliphatic heterocycles. The summed E-state index contributed by atoms with van der Waals surface area (Å²) in [6.07, 6.45) is 2.28. The van der Waals surface area contributed by atoms with E-state index in [2.05, 4.69) is 21.2 Å². The molecular weight excluding hydrogens is 285 g/mol. The van der Waals surface area contributed by atoms with Crippen LogP contribution in [0.5, 0.6) is 0 Å². The normalized spacial score (nSPS) is 26.8. The molecule has 92 valence electrons. The number of rotatable bonds is 2. The molecule has 1 unspecified atom stereocenters. The van der Waals surface area contributed by atoms with E-state index in [-0.39, 0.29) is 11.2 Å². The van der Waals surface area contributed by atoms with Crippen molar-refractivity contribution in [1.29, 1.82) is 0 Å². The molecule has 2 heterocycles. The summed E-state index contributed by atoms with van der Waals surface area (Å²) in [5.74, 6) is -0.120. The van der Waals surface area contributed by atoms with Gasteiger partial charge >= 0.3 is 0 Å². The maximum Gasteiger partial charge on any atom is 0.127 e. The highest BCUT2D eigenvalue weighted by molar-refractivity contribution is 9.10. The lowest BCUT2D eigenvalue weighted by Gasteiger charge is -2.46. The maximum atomic E-state index is 14.0. The predicted molar refractivity (Wildman–Crippen MR) is 67.6 cm³/mol. The summed E-state index contributed by atoms with van der Waals surface area (Å²) in [7, 11) is 0. The van der Waals surface area contributed by atoms with E-state index in [9.17, 15) is 4.39 Å². The van der Waals surface area contributed by atoms with Crippen molar-refractivity contribution in [2.24, 2.45) is 0 Å². The van der Waals surface area contributed by atoms with Crippen molar-refractivity contribution in [2.45, 2.75) is 24.3 Å². The van der Waals surface area contributed by atoms with E-state index in [0.717, 1.165) is 23.0 Å². The second-order valence-electron chi connectivity index (χ2n) is 4.92. The van der Waals surface area contributed by atoms with E-state index < -0.39 is 0 Å². The van der Waals surface area contributed by atoms with Gasteiger partial charge in [0.2, 0.25) is 0 Å². The number of nitrogens with one attached hydrogen (secondary N) is 1. The molecule has 2 nitrogen and oxygen atoms in total. The SMILES string of the molecule is Fc1ccc(Br)cc1C1(C2CCCN2)COC1. The summed E-state index contributed by atoms with van der Waals surface area (Å²) >= 11 is 3.42. The Bertz CT molecular complexity index is 427. The van der Waals surface area contributed by atoms with Gasteiger partial charge in [-0.15, -0.1) is 0 Å². The van der Waals surface area contributed by atoms with Crippen molar-refractivity contribution in [3.63, 3.8) is 0 Å². The lowest BCUT2D eigenvalue weighted by molar-refractivity contribution is -0.0776. The molecule has 1 aromatic rings. The highest BCUT2D eigenvalue weighted by Gasteiger charge is 2.49. The summed E-state index contributed by atoms with van der Waals surface area (Å²) in [5, 5.41) is 3.48. The van der Waals surface area contributed by atoms with Crippen LogP contribution in [0.4, 0.5) is 4.39 Å². The van der Waals surface area contributed by atoms with Gasteiger partial charge in [-0.2, -0.15) is 0 Å². The van der Waals surface area contributed by atoms with E-state index >= 15 is 0 Å². The zero-order chi connectivity index (χ0) is 11.9. The Morgan fingerprint density at radius 3 is 2.82 bits per heavy atom. The van der Waals surface area contributed by atoms with Crippen LogP contribution in [0.2, 0.25) is 0 Å². The van der Waals surface area contributed by atoms with E-state index in [4.69, 9.17) is 4.74 Å². The summed E-state index contributed by atoms with van der Waals surface area (Å²) < 4.78 is 20.3. The van der Waals surface area contributed by atoms with Crippen molar-refractivity contribution < 1.29 is 9.13 Å². The van der Waals surface area contributed by atoms with Gasteiger partial charge in [-0.3, -0.25) is 0 Å². The first-order chi connectivity index (χ1) is 8.22. The van der Waals surface area contributed by atoms with E-state index in [1.807, 2.05) is 6.07 Å². The smallest absolute Gasteiger partial charge is 0.127 e. The van der Waals surface area contributed by atoms with Crippen molar-refractivity contribution in [3.05, 3.63) is 34.1 Å². The van der Waals surface area contributed by atoms with Crippen LogP contribution in [0.1, 0.15) is 18.4 Å². The maximum absolute atomic E-state index is 14.0. The average molecular weight is 300 g/mol. The molecule has 2 saturated heterocycles. The monoisotopic (exact) mass is 299 g/mol. The topological polar surface area (TPSA) is 21.3 Å². The van der Waals surface area contributed by atoms with Gasteiger partial charge in [0, 0.05) is 16.1 Å². The number of halogens is 2. The summed E-state index contributed by atoms with van der Waals surface area (Å²) in [5.41, 5.74) is 0.627. The number of hydrogen-bond donors (Lipinski definition) is 1. The lowest BCUT2D eigenvalue weighted by Crippen LogP contribution is -2.58. The zero-order valence-electron chi connectivity index (χ0n) is 9.51. The van der Waals surface area contributed by atoms with E-state index in [0.29, 0.717) is 19.3 Å². The summed E-state index contributed by atoms with van der Waals surface area (Å²) in [4.78, 5) is 0. The first kappa shape index (κ1) is 11.6. The quantitative estimate of drug-likeness (QED) is 0.906. The number of ether oxygens (including phenoxy) is 1. The molecule has 1 aromatic carbocycles. The Morgan fingerprint density at radius 1 is 1.41 bits per heavy atom. The Morgan fingerprint density at radius 2 is 2.24 bits per heavy atom. The van der Waals surface area contributed by atoms with Gasteiger partial charge in [-0.25, -0.2) is 4.39 Å². The van der Waals surface area contributed by atoms with E-state index in [1.165, 1.54) is 12.5 Å². The van der Waals surface area contributed by atoms with Gasteiger partial charge < -0.3 is 10.1 Å². The molecule has 0 aliphatic carbocycles. The lowest BCUT2D eigenvalue weighted by atomic mass is 9.71. The van der Waals surface area contributed by atoms with Gasteiger partial charge in [0.1, 0.15) is 5.82 Å². The molecule has 0 spiro atoms. The molecule has 0 radical (unpaired) electrons. The van der Waals surface area contributed by atoms with Gasteiger partial charge in [-0.05, 0) is 37.6 Å². The van der Waals surface area contributed by atoms with Crippen LogP contribution in [0.3, 0.4) is 0 Å². The van der Waals surface area contributed by atoms with Crippen LogP contribution in [0, 0.1) is 5.82 Å². The molecule has 0 aromatic heterocycles. The second-order valence-corrected chi connectivity index (χ2v) is 5.84. The molecular formula is C13H15BrFNO. The van der Waals surface area contributed by atoms with Gasteiger partial charge in [-0.1, -0.05) is 15.9 Å². The average Bonchev–Trinajstić information content (AvgIpc) is 2.75. The third kappa shape index (κ3) is 1.83. The molecule has 2 aliphatic rings.